The van der Waals surface area contributed by atoms with E-state index in [0.717, 1.165) is 12.1 Å². The van der Waals surface area contributed by atoms with E-state index in [1.165, 1.54) is 20.3 Å². The summed E-state index contributed by atoms with van der Waals surface area (Å²) >= 11 is 0. The van der Waals surface area contributed by atoms with Crippen LogP contribution in [0.25, 0.3) is 0 Å². The molecule has 0 aromatic heterocycles. The van der Waals surface area contributed by atoms with E-state index in [0.29, 0.717) is 48.9 Å². The number of rotatable bonds is 6. The van der Waals surface area contributed by atoms with Crippen LogP contribution in [0.3, 0.4) is 0 Å². The van der Waals surface area contributed by atoms with Crippen LogP contribution in [0.2, 0.25) is 0 Å². The molecular weight excluding hydrogens is 505 g/mol. The first-order valence-corrected chi connectivity index (χ1v) is 12.1. The van der Waals surface area contributed by atoms with E-state index in [4.69, 9.17) is 19.2 Å². The number of alkyl halides is 3. The molecule has 0 unspecified atom stereocenters. The van der Waals surface area contributed by atoms with Crippen molar-refractivity contribution in [3.63, 3.8) is 0 Å². The highest BCUT2D eigenvalue weighted by Gasteiger charge is 2.43. The predicted octanol–water partition coefficient (Wildman–Crippen LogP) is 3.25. The summed E-state index contributed by atoms with van der Waals surface area (Å²) in [6.45, 7) is 3.36. The number of carbonyl (C=O) groups is 2. The molecule has 2 aliphatic heterocycles. The number of benzene rings is 2. The van der Waals surface area contributed by atoms with Crippen LogP contribution < -0.4 is 19.7 Å². The highest BCUT2D eigenvalue weighted by Crippen LogP contribution is 2.38. The third-order valence-electron chi connectivity index (χ3n) is 6.51. The summed E-state index contributed by atoms with van der Waals surface area (Å²) in [4.78, 5) is 34.4. The Labute approximate surface area is 218 Å². The molecule has 0 radical (unpaired) electrons. The fraction of sp³-hybridized carbons (Fsp3) is 0.423. The standard InChI is InChI=1S/C26H29F3N4O5/c1-4-38-24(35)21-22(19-9-8-18(36-2)15-20(19)37-3)30-25(31-23(21)34)33-12-10-32(11-13-33)17-7-5-6-16(14-17)26(27,28)29/h5-9,14-15,21-22H,4,10-13H2,1-3H3,(H,30,31,34)/t21-,22+/m1/s1. The molecule has 38 heavy (non-hydrogen) atoms. The van der Waals surface area contributed by atoms with Gasteiger partial charge in [-0.1, -0.05) is 6.07 Å². The van der Waals surface area contributed by atoms with Crippen molar-refractivity contribution in [2.45, 2.75) is 19.1 Å². The van der Waals surface area contributed by atoms with E-state index >= 15 is 0 Å². The van der Waals surface area contributed by atoms with E-state index in [1.54, 1.807) is 31.2 Å². The zero-order valence-electron chi connectivity index (χ0n) is 21.2. The van der Waals surface area contributed by atoms with Gasteiger partial charge in [-0.3, -0.25) is 14.9 Å². The summed E-state index contributed by atoms with van der Waals surface area (Å²) in [6, 6.07) is 9.31. The molecule has 0 saturated carbocycles. The van der Waals surface area contributed by atoms with E-state index in [9.17, 15) is 22.8 Å². The number of ether oxygens (including phenoxy) is 3. The molecule has 0 spiro atoms. The normalized spacial score (nSPS) is 19.9. The van der Waals surface area contributed by atoms with E-state index in [2.05, 4.69) is 5.32 Å². The number of anilines is 1. The molecule has 4 rings (SSSR count). The van der Waals surface area contributed by atoms with Crippen molar-refractivity contribution < 1.29 is 37.0 Å². The fourth-order valence-corrected chi connectivity index (χ4v) is 4.57. The Morgan fingerprint density at radius 1 is 1.05 bits per heavy atom. The maximum absolute atomic E-state index is 13.2. The van der Waals surface area contributed by atoms with Gasteiger partial charge in [0.15, 0.2) is 5.92 Å². The molecule has 1 saturated heterocycles. The number of hydrogen-bond acceptors (Lipinski definition) is 8. The number of carbonyl (C=O) groups excluding carboxylic acids is 2. The Hall–Kier alpha value is -3.96. The summed E-state index contributed by atoms with van der Waals surface area (Å²) < 4.78 is 55.4. The molecule has 0 bridgehead atoms. The number of esters is 1. The number of halogens is 3. The Bertz CT molecular complexity index is 1210. The largest absolute Gasteiger partial charge is 0.497 e. The molecule has 2 atom stereocenters. The van der Waals surface area contributed by atoms with Crippen molar-refractivity contribution in [1.82, 2.24) is 10.2 Å². The van der Waals surface area contributed by atoms with Crippen LogP contribution in [0.15, 0.2) is 47.5 Å². The number of hydrogen-bond donors (Lipinski definition) is 1. The first-order chi connectivity index (χ1) is 18.2. The van der Waals surface area contributed by atoms with Gasteiger partial charge in [-0.05, 0) is 37.3 Å². The summed E-state index contributed by atoms with van der Waals surface area (Å²) in [7, 11) is 2.98. The van der Waals surface area contributed by atoms with E-state index < -0.39 is 35.6 Å². The summed E-state index contributed by atoms with van der Waals surface area (Å²) in [6.07, 6.45) is -4.42. The van der Waals surface area contributed by atoms with Gasteiger partial charge in [0, 0.05) is 43.5 Å². The van der Waals surface area contributed by atoms with Gasteiger partial charge in [-0.15, -0.1) is 0 Å². The first-order valence-electron chi connectivity index (χ1n) is 12.1. The van der Waals surface area contributed by atoms with Gasteiger partial charge >= 0.3 is 12.1 Å². The monoisotopic (exact) mass is 534 g/mol. The molecule has 1 fully saturated rings. The van der Waals surface area contributed by atoms with Crippen LogP contribution in [0, 0.1) is 5.92 Å². The minimum atomic E-state index is -4.42. The van der Waals surface area contributed by atoms with Crippen molar-refractivity contribution in [2.24, 2.45) is 10.9 Å². The van der Waals surface area contributed by atoms with Crippen molar-refractivity contribution >= 4 is 23.5 Å². The lowest BCUT2D eigenvalue weighted by Crippen LogP contribution is -2.57. The molecule has 0 aliphatic carbocycles. The minimum absolute atomic E-state index is 0.100. The van der Waals surface area contributed by atoms with Crippen LogP contribution in [-0.4, -0.2) is 69.7 Å². The second-order valence-electron chi connectivity index (χ2n) is 8.75. The molecule has 1 N–H and O–H groups in total. The maximum atomic E-state index is 13.2. The number of methoxy groups -OCH3 is 2. The second kappa shape index (κ2) is 11.2. The second-order valence-corrected chi connectivity index (χ2v) is 8.75. The van der Waals surface area contributed by atoms with Gasteiger partial charge in [0.05, 0.1) is 26.4 Å². The first kappa shape index (κ1) is 27.1. The highest BCUT2D eigenvalue weighted by molar-refractivity contribution is 6.08. The molecule has 2 aliphatic rings. The quantitative estimate of drug-likeness (QED) is 0.449. The highest BCUT2D eigenvalue weighted by atomic mass is 19.4. The average Bonchev–Trinajstić information content (AvgIpc) is 2.92. The Balaban J connectivity index is 1.60. The lowest BCUT2D eigenvalue weighted by molar-refractivity contribution is -0.153. The lowest BCUT2D eigenvalue weighted by atomic mass is 9.90. The lowest BCUT2D eigenvalue weighted by Gasteiger charge is -2.40. The Morgan fingerprint density at radius 2 is 1.76 bits per heavy atom. The summed E-state index contributed by atoms with van der Waals surface area (Å²) in [5.74, 6) is -1.28. The number of guanidine groups is 1. The average molecular weight is 535 g/mol. The van der Waals surface area contributed by atoms with Crippen LogP contribution in [0.1, 0.15) is 24.1 Å². The maximum Gasteiger partial charge on any atom is 0.416 e. The molecule has 2 heterocycles. The van der Waals surface area contributed by atoms with Crippen molar-refractivity contribution in [2.75, 3.05) is 51.9 Å². The summed E-state index contributed by atoms with van der Waals surface area (Å²) in [5, 5.41) is 2.72. The molecule has 1 amide bonds. The van der Waals surface area contributed by atoms with Crippen LogP contribution >= 0.6 is 0 Å². The molecule has 204 valence electrons. The van der Waals surface area contributed by atoms with Gasteiger partial charge in [0.2, 0.25) is 11.9 Å². The molecule has 2 aromatic carbocycles. The predicted molar refractivity (Wildman–Crippen MR) is 133 cm³/mol. The Kier molecular flexibility index (Phi) is 7.98. The third-order valence-corrected chi connectivity index (χ3v) is 6.51. The van der Waals surface area contributed by atoms with Gasteiger partial charge in [-0.25, -0.2) is 4.99 Å². The van der Waals surface area contributed by atoms with Gasteiger partial charge in [0.25, 0.3) is 0 Å². The zero-order chi connectivity index (χ0) is 27.4. The van der Waals surface area contributed by atoms with Gasteiger partial charge in [0.1, 0.15) is 17.5 Å². The van der Waals surface area contributed by atoms with Gasteiger partial charge < -0.3 is 24.0 Å². The SMILES string of the molecule is CCOC(=O)[C@H]1C(=O)NC(N2CCN(c3cccc(C(F)(F)F)c3)CC2)=N[C@H]1c1ccc(OC)cc1OC. The number of nitrogens with one attached hydrogen (secondary N) is 1. The van der Waals surface area contributed by atoms with Crippen molar-refractivity contribution in [1.29, 1.82) is 0 Å². The smallest absolute Gasteiger partial charge is 0.416 e. The minimum Gasteiger partial charge on any atom is -0.497 e. The van der Waals surface area contributed by atoms with Crippen LogP contribution in [0.5, 0.6) is 11.5 Å². The van der Waals surface area contributed by atoms with Crippen LogP contribution in [-0.2, 0) is 20.5 Å². The topological polar surface area (TPSA) is 92.7 Å². The number of nitrogens with zero attached hydrogens (tertiary/aromatic N) is 3. The Morgan fingerprint density at radius 3 is 2.39 bits per heavy atom. The number of amides is 1. The fourth-order valence-electron chi connectivity index (χ4n) is 4.57. The zero-order valence-corrected chi connectivity index (χ0v) is 21.2. The molecular formula is C26H29F3N4O5. The van der Waals surface area contributed by atoms with E-state index in [1.807, 2.05) is 9.80 Å². The summed E-state index contributed by atoms with van der Waals surface area (Å²) in [5.41, 5.74) is 0.279. The van der Waals surface area contributed by atoms with Crippen molar-refractivity contribution in [3.8, 4) is 11.5 Å². The number of piperazine rings is 1. The third kappa shape index (κ3) is 5.63. The molecule has 9 nitrogen and oxygen atoms in total. The van der Waals surface area contributed by atoms with Gasteiger partial charge in [-0.2, -0.15) is 13.2 Å². The molecule has 12 heteroatoms. The van der Waals surface area contributed by atoms with Crippen molar-refractivity contribution in [3.05, 3.63) is 53.6 Å². The van der Waals surface area contributed by atoms with E-state index in [-0.39, 0.29) is 12.6 Å². The molecule has 2 aromatic rings. The van der Waals surface area contributed by atoms with Crippen LogP contribution in [0.4, 0.5) is 18.9 Å². The number of aliphatic imine (C=N–C) groups is 1.